The molecule has 0 saturated heterocycles. The zero-order chi connectivity index (χ0) is 13.0. The second-order valence-electron chi connectivity index (χ2n) is 5.11. The summed E-state index contributed by atoms with van der Waals surface area (Å²) in [6.07, 6.45) is 3.79. The van der Waals surface area contributed by atoms with E-state index in [4.69, 9.17) is 5.11 Å². The van der Waals surface area contributed by atoms with E-state index in [1.54, 1.807) is 0 Å². The molecule has 0 heterocycles. The molecule has 3 heteroatoms. The highest BCUT2D eigenvalue weighted by atomic mass is 32.2. The highest BCUT2D eigenvalue weighted by Crippen LogP contribution is 2.33. The molecule has 1 aromatic carbocycles. The lowest BCUT2D eigenvalue weighted by atomic mass is 9.89. The number of aliphatic carboxylic acids is 1. The number of carbonyl (C=O) groups is 1. The summed E-state index contributed by atoms with van der Waals surface area (Å²) >= 11 is 1.98. The van der Waals surface area contributed by atoms with Crippen LogP contribution in [0.4, 0.5) is 0 Å². The summed E-state index contributed by atoms with van der Waals surface area (Å²) in [5, 5.41) is 9.59. The van der Waals surface area contributed by atoms with Gasteiger partial charge in [0.15, 0.2) is 0 Å². The molecule has 0 spiro atoms. The van der Waals surface area contributed by atoms with Gasteiger partial charge in [-0.15, -0.1) is 0 Å². The molecule has 2 rings (SSSR count). The monoisotopic (exact) mass is 264 g/mol. The summed E-state index contributed by atoms with van der Waals surface area (Å²) in [5.41, 5.74) is 2.66. The Morgan fingerprint density at radius 3 is 2.39 bits per heavy atom. The van der Waals surface area contributed by atoms with E-state index in [-0.39, 0.29) is 5.92 Å². The Bertz CT molecular complexity index is 391. The van der Waals surface area contributed by atoms with Crippen molar-refractivity contribution in [1.29, 1.82) is 0 Å². The van der Waals surface area contributed by atoms with Gasteiger partial charge in [0, 0.05) is 11.0 Å². The molecule has 0 amide bonds. The lowest BCUT2D eigenvalue weighted by molar-refractivity contribution is -0.142. The summed E-state index contributed by atoms with van der Waals surface area (Å²) < 4.78 is 0. The van der Waals surface area contributed by atoms with E-state index in [1.807, 2.05) is 11.8 Å². The number of benzene rings is 1. The number of hydrogen-bond acceptors (Lipinski definition) is 2. The first-order valence-corrected chi connectivity index (χ1v) is 7.60. The van der Waals surface area contributed by atoms with Gasteiger partial charge in [0.25, 0.3) is 0 Å². The van der Waals surface area contributed by atoms with E-state index >= 15 is 0 Å². The lowest BCUT2D eigenvalue weighted by Gasteiger charge is -2.25. The van der Waals surface area contributed by atoms with Crippen LogP contribution >= 0.6 is 11.8 Å². The molecule has 0 bridgehead atoms. The Hall–Kier alpha value is -0.960. The van der Waals surface area contributed by atoms with E-state index < -0.39 is 5.97 Å². The van der Waals surface area contributed by atoms with Crippen LogP contribution in [0, 0.1) is 12.8 Å². The standard InChI is InChI=1S/C15H20O2S/c1-11-2-4-12(5-3-11)10-18-14-8-6-13(7-9-14)15(16)17/h2-5,13-14H,6-10H2,1H3,(H,16,17). The second kappa shape index (κ2) is 6.28. The smallest absolute Gasteiger partial charge is 0.306 e. The van der Waals surface area contributed by atoms with Crippen LogP contribution in [0.5, 0.6) is 0 Å². The molecule has 18 heavy (non-hydrogen) atoms. The van der Waals surface area contributed by atoms with Crippen molar-refractivity contribution in [2.45, 2.75) is 43.6 Å². The predicted molar refractivity (Wildman–Crippen MR) is 75.9 cm³/mol. The fourth-order valence-corrected chi connectivity index (χ4v) is 3.60. The number of thioether (sulfide) groups is 1. The lowest BCUT2D eigenvalue weighted by Crippen LogP contribution is -2.22. The van der Waals surface area contributed by atoms with Gasteiger partial charge in [0.1, 0.15) is 0 Å². The summed E-state index contributed by atoms with van der Waals surface area (Å²) in [5.74, 6) is 0.334. The van der Waals surface area contributed by atoms with Crippen LogP contribution in [0.25, 0.3) is 0 Å². The molecule has 0 aromatic heterocycles. The van der Waals surface area contributed by atoms with Crippen LogP contribution in [0.15, 0.2) is 24.3 Å². The predicted octanol–water partition coefficient (Wildman–Crippen LogP) is 3.87. The van der Waals surface area contributed by atoms with E-state index in [9.17, 15) is 4.79 Å². The highest BCUT2D eigenvalue weighted by Gasteiger charge is 2.25. The van der Waals surface area contributed by atoms with Crippen LogP contribution in [0.2, 0.25) is 0 Å². The third-order valence-electron chi connectivity index (χ3n) is 3.63. The Morgan fingerprint density at radius 1 is 1.22 bits per heavy atom. The number of rotatable bonds is 4. The fourth-order valence-electron chi connectivity index (χ4n) is 2.37. The van der Waals surface area contributed by atoms with Crippen LogP contribution in [-0.4, -0.2) is 16.3 Å². The molecule has 0 atom stereocenters. The summed E-state index contributed by atoms with van der Waals surface area (Å²) in [6.45, 7) is 2.10. The first kappa shape index (κ1) is 13.5. The first-order chi connectivity index (χ1) is 8.65. The summed E-state index contributed by atoms with van der Waals surface area (Å²) in [4.78, 5) is 10.9. The number of carboxylic acid groups (broad SMARTS) is 1. The summed E-state index contributed by atoms with van der Waals surface area (Å²) in [6, 6.07) is 8.67. The molecule has 2 nitrogen and oxygen atoms in total. The van der Waals surface area contributed by atoms with E-state index in [0.717, 1.165) is 31.4 Å². The second-order valence-corrected chi connectivity index (χ2v) is 6.40. The normalized spacial score (nSPS) is 23.8. The average molecular weight is 264 g/mol. The zero-order valence-electron chi connectivity index (χ0n) is 10.8. The van der Waals surface area contributed by atoms with Crippen molar-refractivity contribution in [1.82, 2.24) is 0 Å². The molecule has 1 aromatic rings. The minimum atomic E-state index is -0.614. The third-order valence-corrected chi connectivity index (χ3v) is 5.07. The van der Waals surface area contributed by atoms with Crippen LogP contribution < -0.4 is 0 Å². The molecule has 1 aliphatic rings. The first-order valence-electron chi connectivity index (χ1n) is 6.55. The van der Waals surface area contributed by atoms with Crippen molar-refractivity contribution >= 4 is 17.7 Å². The van der Waals surface area contributed by atoms with Crippen LogP contribution in [0.1, 0.15) is 36.8 Å². The maximum absolute atomic E-state index is 10.9. The number of carboxylic acids is 1. The fraction of sp³-hybridized carbons (Fsp3) is 0.533. The average Bonchev–Trinajstić information content (AvgIpc) is 2.38. The van der Waals surface area contributed by atoms with Gasteiger partial charge in [-0.05, 0) is 38.2 Å². The molecular formula is C15H20O2S. The van der Waals surface area contributed by atoms with Crippen molar-refractivity contribution in [2.24, 2.45) is 5.92 Å². The SMILES string of the molecule is Cc1ccc(CSC2CCC(C(=O)O)CC2)cc1. The Kier molecular flexibility index (Phi) is 4.70. The van der Waals surface area contributed by atoms with Crippen molar-refractivity contribution in [3.63, 3.8) is 0 Å². The molecule has 98 valence electrons. The third kappa shape index (κ3) is 3.77. The maximum atomic E-state index is 10.9. The Morgan fingerprint density at radius 2 is 1.83 bits per heavy atom. The Labute approximate surface area is 113 Å². The molecule has 1 saturated carbocycles. The minimum Gasteiger partial charge on any atom is -0.481 e. The highest BCUT2D eigenvalue weighted by molar-refractivity contribution is 7.99. The largest absolute Gasteiger partial charge is 0.481 e. The van der Waals surface area contributed by atoms with Gasteiger partial charge in [0.2, 0.25) is 0 Å². The Balaban J connectivity index is 1.75. The molecular weight excluding hydrogens is 244 g/mol. The topological polar surface area (TPSA) is 37.3 Å². The molecule has 1 N–H and O–H groups in total. The zero-order valence-corrected chi connectivity index (χ0v) is 11.6. The van der Waals surface area contributed by atoms with E-state index in [0.29, 0.717) is 5.25 Å². The van der Waals surface area contributed by atoms with Gasteiger partial charge >= 0.3 is 5.97 Å². The molecule has 0 radical (unpaired) electrons. The van der Waals surface area contributed by atoms with Gasteiger partial charge < -0.3 is 5.11 Å². The maximum Gasteiger partial charge on any atom is 0.306 e. The van der Waals surface area contributed by atoms with Crippen molar-refractivity contribution in [2.75, 3.05) is 0 Å². The van der Waals surface area contributed by atoms with Gasteiger partial charge in [-0.1, -0.05) is 29.8 Å². The van der Waals surface area contributed by atoms with Crippen molar-refractivity contribution in [3.05, 3.63) is 35.4 Å². The number of hydrogen-bond donors (Lipinski definition) is 1. The molecule has 1 fully saturated rings. The molecule has 0 aliphatic heterocycles. The summed E-state index contributed by atoms with van der Waals surface area (Å²) in [7, 11) is 0. The quantitative estimate of drug-likeness (QED) is 0.897. The van der Waals surface area contributed by atoms with E-state index in [1.165, 1.54) is 11.1 Å². The van der Waals surface area contributed by atoms with Gasteiger partial charge in [-0.3, -0.25) is 4.79 Å². The van der Waals surface area contributed by atoms with Crippen molar-refractivity contribution < 1.29 is 9.90 Å². The molecule has 0 unspecified atom stereocenters. The van der Waals surface area contributed by atoms with Crippen molar-refractivity contribution in [3.8, 4) is 0 Å². The van der Waals surface area contributed by atoms with Crippen LogP contribution in [-0.2, 0) is 10.5 Å². The molecule has 1 aliphatic carbocycles. The van der Waals surface area contributed by atoms with Gasteiger partial charge in [0.05, 0.1) is 5.92 Å². The van der Waals surface area contributed by atoms with Gasteiger partial charge in [-0.25, -0.2) is 0 Å². The number of aryl methyl sites for hydroxylation is 1. The van der Waals surface area contributed by atoms with Crippen LogP contribution in [0.3, 0.4) is 0 Å². The minimum absolute atomic E-state index is 0.0961. The van der Waals surface area contributed by atoms with E-state index in [2.05, 4.69) is 31.2 Å². The van der Waals surface area contributed by atoms with Gasteiger partial charge in [-0.2, -0.15) is 11.8 Å².